The van der Waals surface area contributed by atoms with Crippen molar-refractivity contribution < 1.29 is 26.0 Å². The lowest BCUT2D eigenvalue weighted by Gasteiger charge is -2.45. The average Bonchev–Trinajstić information content (AvgIpc) is 3.32. The number of halogens is 4. The van der Waals surface area contributed by atoms with Crippen molar-refractivity contribution >= 4 is 10.0 Å². The molecule has 2 atom stereocenters. The van der Waals surface area contributed by atoms with Crippen LogP contribution < -0.4 is 0 Å². The fraction of sp³-hybridized carbons (Fsp3) is 0.192. The zero-order valence-electron chi connectivity index (χ0n) is 18.6. The Hall–Kier alpha value is -3.50. The maximum absolute atomic E-state index is 13.9. The van der Waals surface area contributed by atoms with Gasteiger partial charge in [-0.05, 0) is 65.1 Å². The van der Waals surface area contributed by atoms with Gasteiger partial charge >= 0.3 is 6.18 Å². The predicted octanol–water partition coefficient (Wildman–Crippen LogP) is 5.82. The van der Waals surface area contributed by atoms with Crippen molar-refractivity contribution in [3.05, 3.63) is 107 Å². The highest BCUT2D eigenvalue weighted by Crippen LogP contribution is 2.51. The van der Waals surface area contributed by atoms with Crippen molar-refractivity contribution in [3.8, 4) is 11.1 Å². The van der Waals surface area contributed by atoms with Crippen LogP contribution in [0.15, 0.2) is 77.8 Å². The highest BCUT2D eigenvalue weighted by molar-refractivity contribution is 7.89. The molecule has 36 heavy (non-hydrogen) atoms. The largest absolute Gasteiger partial charge is 0.416 e. The monoisotopic (exact) mass is 513 g/mol. The number of nitrogens with one attached hydrogen (secondary N) is 1. The summed E-state index contributed by atoms with van der Waals surface area (Å²) in [5, 5.41) is 7.15. The van der Waals surface area contributed by atoms with E-state index in [1.165, 1.54) is 16.4 Å². The Morgan fingerprint density at radius 2 is 1.58 bits per heavy atom. The van der Waals surface area contributed by atoms with Crippen LogP contribution in [0, 0.1) is 5.82 Å². The SMILES string of the molecule is O=S(=O)(c1ccc(C(F)(F)F)cc1)N1C2Cc3c(-c4ccc(F)cc4)cccc3[C@@H]1Cc1n[nH]cc12. The molecule has 1 aromatic heterocycles. The van der Waals surface area contributed by atoms with Gasteiger partial charge in [-0.3, -0.25) is 5.10 Å². The van der Waals surface area contributed by atoms with Gasteiger partial charge in [0.25, 0.3) is 0 Å². The molecule has 3 heterocycles. The molecular formula is C26H19F4N3O2S. The molecule has 0 saturated heterocycles. The van der Waals surface area contributed by atoms with Gasteiger partial charge in [0, 0.05) is 18.2 Å². The predicted molar refractivity (Wildman–Crippen MR) is 124 cm³/mol. The zero-order valence-corrected chi connectivity index (χ0v) is 19.4. The molecule has 0 fully saturated rings. The first-order chi connectivity index (χ1) is 17.1. The lowest BCUT2D eigenvalue weighted by molar-refractivity contribution is -0.137. The molecule has 0 aliphatic carbocycles. The third-order valence-electron chi connectivity index (χ3n) is 6.99. The Morgan fingerprint density at radius 3 is 2.28 bits per heavy atom. The van der Waals surface area contributed by atoms with Gasteiger partial charge in [0.15, 0.2) is 0 Å². The van der Waals surface area contributed by atoms with Crippen molar-refractivity contribution in [3.63, 3.8) is 0 Å². The Morgan fingerprint density at radius 1 is 0.889 bits per heavy atom. The summed E-state index contributed by atoms with van der Waals surface area (Å²) in [7, 11) is -4.16. The van der Waals surface area contributed by atoms with E-state index in [9.17, 15) is 26.0 Å². The number of H-pyrrole nitrogens is 1. The van der Waals surface area contributed by atoms with Crippen molar-refractivity contribution in [2.75, 3.05) is 0 Å². The second-order valence-electron chi connectivity index (χ2n) is 8.96. The maximum atomic E-state index is 13.9. The van der Waals surface area contributed by atoms with Crippen molar-refractivity contribution in [2.24, 2.45) is 0 Å². The molecule has 2 bridgehead atoms. The normalized spacial score (nSPS) is 19.6. The van der Waals surface area contributed by atoms with E-state index in [4.69, 9.17) is 0 Å². The fourth-order valence-electron chi connectivity index (χ4n) is 5.36. The third kappa shape index (κ3) is 3.55. The number of nitrogens with zero attached hydrogens (tertiary/aromatic N) is 2. The smallest absolute Gasteiger partial charge is 0.285 e. The molecule has 1 unspecified atom stereocenters. The summed E-state index contributed by atoms with van der Waals surface area (Å²) in [6.45, 7) is 0. The van der Waals surface area contributed by atoms with Crippen LogP contribution in [0.5, 0.6) is 0 Å². The Balaban J connectivity index is 1.49. The minimum atomic E-state index is -4.56. The number of aromatic amines is 1. The number of hydrogen-bond acceptors (Lipinski definition) is 3. The van der Waals surface area contributed by atoms with Gasteiger partial charge in [0.05, 0.1) is 28.2 Å². The van der Waals surface area contributed by atoms with Crippen LogP contribution in [0.2, 0.25) is 0 Å². The first-order valence-electron chi connectivity index (χ1n) is 11.3. The van der Waals surface area contributed by atoms with E-state index in [-0.39, 0.29) is 10.7 Å². The number of hydrogen-bond donors (Lipinski definition) is 1. The standard InChI is InChI=1S/C26H19F4N3O2S/c27-17-8-4-15(5-9-17)19-2-1-3-20-21(19)12-24-22-14-31-32-23(22)13-25(20)33(24)36(34,35)18-10-6-16(7-11-18)26(28,29)30/h1-11,14,24-25H,12-13H2,(H,31,32)/t24?,25-/m0/s1. The summed E-state index contributed by atoms with van der Waals surface area (Å²) >= 11 is 0. The molecule has 1 N–H and O–H groups in total. The zero-order chi connectivity index (χ0) is 25.2. The molecule has 0 saturated carbocycles. The highest BCUT2D eigenvalue weighted by Gasteiger charge is 2.48. The number of sulfonamides is 1. The Kier molecular flexibility index (Phi) is 5.10. The molecule has 0 amide bonds. The van der Waals surface area contributed by atoms with E-state index < -0.39 is 33.8 Å². The van der Waals surface area contributed by atoms with Crippen molar-refractivity contribution in [1.82, 2.24) is 14.5 Å². The van der Waals surface area contributed by atoms with Crippen LogP contribution in [0.25, 0.3) is 11.1 Å². The number of rotatable bonds is 3. The lowest BCUT2D eigenvalue weighted by atomic mass is 9.78. The summed E-state index contributed by atoms with van der Waals surface area (Å²) in [6, 6.07) is 14.2. The van der Waals surface area contributed by atoms with E-state index >= 15 is 0 Å². The topological polar surface area (TPSA) is 66.1 Å². The van der Waals surface area contributed by atoms with Gasteiger partial charge in [-0.15, -0.1) is 0 Å². The molecule has 6 rings (SSSR count). The van der Waals surface area contributed by atoms with Crippen molar-refractivity contribution in [1.29, 1.82) is 0 Å². The van der Waals surface area contributed by atoms with E-state index in [1.807, 2.05) is 18.2 Å². The van der Waals surface area contributed by atoms with Crippen LogP contribution in [-0.4, -0.2) is 22.9 Å². The van der Waals surface area contributed by atoms with E-state index in [2.05, 4.69) is 10.2 Å². The molecular weight excluding hydrogens is 494 g/mol. The number of fused-ring (bicyclic) bond motifs is 6. The summed E-state index contributed by atoms with van der Waals surface area (Å²) in [5.41, 5.74) is 4.07. The maximum Gasteiger partial charge on any atom is 0.416 e. The van der Waals surface area contributed by atoms with E-state index in [0.717, 1.165) is 57.8 Å². The summed E-state index contributed by atoms with van der Waals surface area (Å²) in [5.74, 6) is -0.350. The van der Waals surface area contributed by atoms with Crippen LogP contribution in [0.4, 0.5) is 17.6 Å². The fourth-order valence-corrected chi connectivity index (χ4v) is 7.13. The van der Waals surface area contributed by atoms with Crippen LogP contribution in [0.1, 0.15) is 40.0 Å². The van der Waals surface area contributed by atoms with Gasteiger partial charge < -0.3 is 0 Å². The third-order valence-corrected chi connectivity index (χ3v) is 8.93. The van der Waals surface area contributed by atoms with Gasteiger partial charge in [-0.25, -0.2) is 12.8 Å². The van der Waals surface area contributed by atoms with Crippen LogP contribution >= 0.6 is 0 Å². The Labute approximate surface area is 204 Å². The highest BCUT2D eigenvalue weighted by atomic mass is 32.2. The second kappa shape index (κ2) is 8.01. The number of alkyl halides is 3. The molecule has 2 aliphatic rings. The van der Waals surface area contributed by atoms with E-state index in [1.54, 1.807) is 18.3 Å². The molecule has 3 aromatic carbocycles. The molecule has 0 radical (unpaired) electrons. The molecule has 184 valence electrons. The summed E-state index contributed by atoms with van der Waals surface area (Å²) in [6.07, 6.45) is -2.23. The van der Waals surface area contributed by atoms with Gasteiger partial charge in [-0.1, -0.05) is 30.3 Å². The molecule has 2 aliphatic heterocycles. The summed E-state index contributed by atoms with van der Waals surface area (Å²) in [4.78, 5) is -0.199. The minimum Gasteiger partial charge on any atom is -0.285 e. The van der Waals surface area contributed by atoms with Gasteiger partial charge in [0.2, 0.25) is 10.0 Å². The quantitative estimate of drug-likeness (QED) is 0.351. The first-order valence-corrected chi connectivity index (χ1v) is 12.7. The number of aromatic nitrogens is 2. The molecule has 4 aromatic rings. The van der Waals surface area contributed by atoms with Crippen LogP contribution in [0.3, 0.4) is 0 Å². The van der Waals surface area contributed by atoms with E-state index in [0.29, 0.717) is 12.8 Å². The minimum absolute atomic E-state index is 0.199. The van der Waals surface area contributed by atoms with Crippen molar-refractivity contribution in [2.45, 2.75) is 36.0 Å². The lowest BCUT2D eigenvalue weighted by Crippen LogP contribution is -2.46. The number of benzene rings is 3. The Bertz CT molecular complexity index is 1560. The average molecular weight is 514 g/mol. The molecule has 0 spiro atoms. The molecule has 10 heteroatoms. The van der Waals surface area contributed by atoms with Gasteiger partial charge in [-0.2, -0.15) is 22.6 Å². The van der Waals surface area contributed by atoms with Gasteiger partial charge in [0.1, 0.15) is 5.82 Å². The van der Waals surface area contributed by atoms with Crippen LogP contribution in [-0.2, 0) is 29.0 Å². The second-order valence-corrected chi connectivity index (χ2v) is 10.8. The molecule has 5 nitrogen and oxygen atoms in total. The summed E-state index contributed by atoms with van der Waals surface area (Å²) < 4.78 is 81.9. The first kappa shape index (κ1) is 22.9.